The highest BCUT2D eigenvalue weighted by molar-refractivity contribution is 7.15. The quantitative estimate of drug-likeness (QED) is 0.208. The molecule has 3 unspecified atom stereocenters. The third-order valence-corrected chi connectivity index (χ3v) is 7.12. The predicted octanol–water partition coefficient (Wildman–Crippen LogP) is 1.04. The van der Waals surface area contributed by atoms with Crippen LogP contribution in [-0.2, 0) is 19.2 Å². The molecule has 5 amide bonds. The Morgan fingerprint density at radius 3 is 2.18 bits per heavy atom. The van der Waals surface area contributed by atoms with Crippen LogP contribution in [0.5, 0.6) is 0 Å². The van der Waals surface area contributed by atoms with E-state index >= 15 is 0 Å². The van der Waals surface area contributed by atoms with Crippen molar-refractivity contribution in [2.45, 2.75) is 71.0 Å². The van der Waals surface area contributed by atoms with Crippen LogP contribution in [0, 0.1) is 17.3 Å². The molecule has 2 rings (SSSR count). The summed E-state index contributed by atoms with van der Waals surface area (Å²) in [6.45, 7) is 9.59. The maximum absolute atomic E-state index is 13.6. The fourth-order valence-corrected chi connectivity index (χ4v) is 4.64. The summed E-state index contributed by atoms with van der Waals surface area (Å²) < 4.78 is 0. The molecule has 6 atom stereocenters. The largest absolute Gasteiger partial charge is 0.344 e. The predicted molar refractivity (Wildman–Crippen MR) is 135 cm³/mol. The first-order chi connectivity index (χ1) is 15.9. The molecule has 0 spiro atoms. The van der Waals surface area contributed by atoms with Crippen molar-refractivity contribution in [3.63, 3.8) is 0 Å². The lowest BCUT2D eigenvalue weighted by molar-refractivity contribution is -0.144. The molecule has 0 aromatic carbocycles. The van der Waals surface area contributed by atoms with E-state index in [1.54, 1.807) is 6.08 Å². The van der Waals surface area contributed by atoms with Gasteiger partial charge < -0.3 is 25.7 Å². The van der Waals surface area contributed by atoms with Gasteiger partial charge >= 0.3 is 6.03 Å². The van der Waals surface area contributed by atoms with Gasteiger partial charge in [0.15, 0.2) is 0 Å². The Hall–Kier alpha value is -2.05. The average molecular weight is 514 g/mol. The van der Waals surface area contributed by atoms with Crippen LogP contribution < -0.4 is 20.8 Å². The molecule has 1 aliphatic carbocycles. The molecular formula is C22H37N5O5P2. The smallest absolute Gasteiger partial charge is 0.318 e. The van der Waals surface area contributed by atoms with Crippen LogP contribution in [0.1, 0.15) is 52.9 Å². The van der Waals surface area contributed by atoms with Crippen LogP contribution in [0.3, 0.4) is 0 Å². The standard InChI is InChI=1S/C22H37N5O5P2/c1-5-13-9-10-27(20(31)17(22(2,3)4)24-21(32)26-34)15(13)18(29)23-14(11-12-7-6-8-12)16(28)19(30)25-33/h5,12-15,17H,1,6-11,33-34H2,2-4H3,(H,23,29)(H,25,30)(H2,24,26,32)/t13-,14?,15-,17+/m0/s1. The summed E-state index contributed by atoms with van der Waals surface area (Å²) in [7, 11) is 4.08. The summed E-state index contributed by atoms with van der Waals surface area (Å²) in [4.78, 5) is 65.1. The molecule has 1 aliphatic heterocycles. The van der Waals surface area contributed by atoms with E-state index < -0.39 is 53.1 Å². The van der Waals surface area contributed by atoms with E-state index in [4.69, 9.17) is 0 Å². The fraction of sp³-hybridized carbons (Fsp3) is 0.682. The van der Waals surface area contributed by atoms with Crippen LogP contribution in [0.25, 0.3) is 0 Å². The molecule has 0 bridgehead atoms. The Balaban J connectivity index is 2.28. The summed E-state index contributed by atoms with van der Waals surface area (Å²) in [5.74, 6) is -2.47. The van der Waals surface area contributed by atoms with Gasteiger partial charge in [-0.1, -0.05) is 46.1 Å². The number of hydrogen-bond acceptors (Lipinski definition) is 5. The number of carbonyl (C=O) groups excluding carboxylic acids is 5. The molecule has 2 fully saturated rings. The topological polar surface area (TPSA) is 137 Å². The molecule has 190 valence electrons. The minimum absolute atomic E-state index is 0.267. The van der Waals surface area contributed by atoms with E-state index in [1.807, 2.05) is 30.2 Å². The van der Waals surface area contributed by atoms with Crippen molar-refractivity contribution in [2.75, 3.05) is 6.54 Å². The van der Waals surface area contributed by atoms with Crippen molar-refractivity contribution < 1.29 is 24.0 Å². The Morgan fingerprint density at radius 2 is 1.71 bits per heavy atom. The molecule has 0 radical (unpaired) electrons. The van der Waals surface area contributed by atoms with Crippen LogP contribution in [-0.4, -0.2) is 59.1 Å². The molecular weight excluding hydrogens is 476 g/mol. The second-order valence-electron chi connectivity index (χ2n) is 10.0. The number of urea groups is 1. The highest BCUT2D eigenvalue weighted by Crippen LogP contribution is 2.32. The van der Waals surface area contributed by atoms with Crippen molar-refractivity contribution in [1.29, 1.82) is 0 Å². The molecule has 4 N–H and O–H groups in total. The molecule has 34 heavy (non-hydrogen) atoms. The van der Waals surface area contributed by atoms with Crippen molar-refractivity contribution in [3.8, 4) is 0 Å². The highest BCUT2D eigenvalue weighted by Gasteiger charge is 2.46. The number of nitrogens with zero attached hydrogens (tertiary/aromatic N) is 1. The minimum atomic E-state index is -0.971. The summed E-state index contributed by atoms with van der Waals surface area (Å²) in [6, 6.07) is -3.29. The number of Topliss-reactive ketones (excluding diaryl/α,β-unsaturated/α-hetero) is 1. The van der Waals surface area contributed by atoms with Crippen LogP contribution in [0.4, 0.5) is 4.79 Å². The number of ketones is 1. The van der Waals surface area contributed by atoms with Crippen LogP contribution >= 0.6 is 18.8 Å². The maximum Gasteiger partial charge on any atom is 0.318 e. The number of likely N-dealkylation sites (tertiary alicyclic amines) is 1. The normalized spacial score (nSPS) is 22.1. The van der Waals surface area contributed by atoms with Crippen molar-refractivity contribution in [1.82, 2.24) is 25.7 Å². The third-order valence-electron chi connectivity index (χ3n) is 6.60. The Labute approximate surface area is 205 Å². The number of rotatable bonds is 9. The molecule has 1 heterocycles. The second kappa shape index (κ2) is 12.1. The molecule has 2 aliphatic rings. The van der Waals surface area contributed by atoms with Gasteiger partial charge in [0.1, 0.15) is 12.1 Å². The van der Waals surface area contributed by atoms with Gasteiger partial charge in [0.2, 0.25) is 17.6 Å². The fourth-order valence-electron chi connectivity index (χ4n) is 4.41. The van der Waals surface area contributed by atoms with Crippen molar-refractivity contribution in [2.24, 2.45) is 17.3 Å². The van der Waals surface area contributed by atoms with E-state index in [9.17, 15) is 24.0 Å². The first-order valence-electron chi connectivity index (χ1n) is 11.5. The molecule has 12 heteroatoms. The maximum atomic E-state index is 13.6. The lowest BCUT2D eigenvalue weighted by Gasteiger charge is -2.36. The van der Waals surface area contributed by atoms with E-state index in [0.717, 1.165) is 19.3 Å². The van der Waals surface area contributed by atoms with Gasteiger partial charge in [-0.05, 0) is 43.0 Å². The lowest BCUT2D eigenvalue weighted by atomic mass is 9.80. The van der Waals surface area contributed by atoms with Crippen molar-refractivity contribution >= 4 is 48.3 Å². The first-order valence-corrected chi connectivity index (χ1v) is 12.6. The average Bonchev–Trinajstić information content (AvgIpc) is 3.20. The summed E-state index contributed by atoms with van der Waals surface area (Å²) in [6.07, 6.45) is 5.48. The number of hydrogen-bond donors (Lipinski definition) is 4. The highest BCUT2D eigenvalue weighted by atomic mass is 31.0. The zero-order valence-corrected chi connectivity index (χ0v) is 22.4. The molecule has 0 aromatic rings. The summed E-state index contributed by atoms with van der Waals surface area (Å²) >= 11 is 0. The van der Waals surface area contributed by atoms with Gasteiger partial charge in [0.05, 0.1) is 6.04 Å². The van der Waals surface area contributed by atoms with Gasteiger partial charge in [0.25, 0.3) is 5.91 Å². The van der Waals surface area contributed by atoms with Crippen LogP contribution in [0.15, 0.2) is 12.7 Å². The Bertz CT molecular complexity index is 827. The van der Waals surface area contributed by atoms with E-state index in [0.29, 0.717) is 19.4 Å². The Kier molecular flexibility index (Phi) is 10.0. The Morgan fingerprint density at radius 1 is 1.06 bits per heavy atom. The van der Waals surface area contributed by atoms with E-state index in [2.05, 4.69) is 36.8 Å². The zero-order chi connectivity index (χ0) is 25.6. The van der Waals surface area contributed by atoms with Gasteiger partial charge in [-0.2, -0.15) is 0 Å². The van der Waals surface area contributed by atoms with Crippen LogP contribution in [0.2, 0.25) is 0 Å². The number of nitrogens with one attached hydrogen (secondary N) is 4. The summed E-state index contributed by atoms with van der Waals surface area (Å²) in [5.41, 5.74) is -0.624. The van der Waals surface area contributed by atoms with Gasteiger partial charge in [-0.3, -0.25) is 19.2 Å². The SMILES string of the molecule is C=C[C@H]1CCN(C(=O)[C@@H](NC(=O)NP)C(C)(C)C)[C@@H]1C(=O)NC(CC1CCC1)C(=O)C(=O)NP. The van der Waals surface area contributed by atoms with Gasteiger partial charge in [-0.15, -0.1) is 6.58 Å². The first kappa shape index (κ1) is 28.2. The van der Waals surface area contributed by atoms with E-state index in [1.165, 1.54) is 4.90 Å². The molecule has 0 aromatic heterocycles. The third kappa shape index (κ3) is 6.76. The van der Waals surface area contributed by atoms with E-state index in [-0.39, 0.29) is 11.8 Å². The second-order valence-corrected chi connectivity index (χ2v) is 10.6. The number of amides is 5. The monoisotopic (exact) mass is 513 g/mol. The molecule has 1 saturated carbocycles. The molecule has 1 saturated heterocycles. The van der Waals surface area contributed by atoms with Gasteiger partial charge in [-0.25, -0.2) is 4.79 Å². The molecule has 10 nitrogen and oxygen atoms in total. The number of carbonyl (C=O) groups is 5. The minimum Gasteiger partial charge on any atom is -0.344 e. The summed E-state index contributed by atoms with van der Waals surface area (Å²) in [5, 5.41) is 10.0. The zero-order valence-electron chi connectivity index (χ0n) is 20.1. The van der Waals surface area contributed by atoms with Crippen molar-refractivity contribution in [3.05, 3.63) is 12.7 Å². The lowest BCUT2D eigenvalue weighted by Crippen LogP contribution is -2.60. The van der Waals surface area contributed by atoms with Gasteiger partial charge in [0, 0.05) is 12.5 Å².